The molecule has 0 aliphatic heterocycles. The second-order valence-electron chi connectivity index (χ2n) is 3.08. The lowest BCUT2D eigenvalue weighted by Crippen LogP contribution is -2.08. The summed E-state index contributed by atoms with van der Waals surface area (Å²) in [5, 5.41) is 0. The second-order valence-corrected chi connectivity index (χ2v) is 3.08. The van der Waals surface area contributed by atoms with Gasteiger partial charge in [-0.25, -0.2) is 0 Å². The van der Waals surface area contributed by atoms with Crippen LogP contribution >= 0.6 is 0 Å². The van der Waals surface area contributed by atoms with Crippen LogP contribution in [0.1, 0.15) is 40.5 Å². The third-order valence-corrected chi connectivity index (χ3v) is 1.78. The van der Waals surface area contributed by atoms with Crippen molar-refractivity contribution in [2.75, 3.05) is 26.6 Å². The number of hydrogen-bond acceptors (Lipinski definition) is 4. The largest absolute Gasteiger partial charge is 0.491 e. The summed E-state index contributed by atoms with van der Waals surface area (Å²) >= 11 is 0. The van der Waals surface area contributed by atoms with Gasteiger partial charge in [0.25, 0.3) is 0 Å². The van der Waals surface area contributed by atoms with Crippen molar-refractivity contribution < 1.29 is 18.9 Å². The highest BCUT2D eigenvalue weighted by Crippen LogP contribution is 2.15. The fourth-order valence-electron chi connectivity index (χ4n) is 1.15. The van der Waals surface area contributed by atoms with E-state index in [0.29, 0.717) is 25.8 Å². The Balaban J connectivity index is 4.41. The molecule has 0 aliphatic rings. The Labute approximate surface area is 98.5 Å². The van der Waals surface area contributed by atoms with E-state index < -0.39 is 0 Å². The van der Waals surface area contributed by atoms with Crippen molar-refractivity contribution in [3.8, 4) is 0 Å². The molecule has 0 aromatic carbocycles. The van der Waals surface area contributed by atoms with Gasteiger partial charge in [0.05, 0.1) is 13.2 Å². The van der Waals surface area contributed by atoms with Crippen LogP contribution in [0.25, 0.3) is 0 Å². The summed E-state index contributed by atoms with van der Waals surface area (Å²) in [6.07, 6.45) is 1.80. The molecule has 0 spiro atoms. The first kappa shape index (κ1) is 15.1. The Morgan fingerprint density at radius 3 is 2.00 bits per heavy atom. The van der Waals surface area contributed by atoms with Crippen LogP contribution in [0.4, 0.5) is 0 Å². The minimum Gasteiger partial charge on any atom is -0.491 e. The molecule has 0 aromatic heterocycles. The van der Waals surface area contributed by atoms with E-state index in [-0.39, 0.29) is 6.79 Å². The van der Waals surface area contributed by atoms with Crippen molar-refractivity contribution in [1.29, 1.82) is 0 Å². The molecule has 0 radical (unpaired) electrons. The van der Waals surface area contributed by atoms with Gasteiger partial charge in [-0.3, -0.25) is 0 Å². The standard InChI is InChI=1S/C12H24O4/c1-5-9-11(14-7-3)12(15-8-4)16-10-13-6-2/h5-10H2,1-4H3. The highest BCUT2D eigenvalue weighted by atomic mass is 16.7. The molecule has 0 aliphatic carbocycles. The zero-order valence-corrected chi connectivity index (χ0v) is 10.9. The SMILES string of the molecule is CCCC(OCC)=C(OCC)OCOCC. The Morgan fingerprint density at radius 2 is 1.50 bits per heavy atom. The van der Waals surface area contributed by atoms with Gasteiger partial charge in [0.1, 0.15) is 0 Å². The van der Waals surface area contributed by atoms with Gasteiger partial charge in [-0.05, 0) is 27.2 Å². The van der Waals surface area contributed by atoms with E-state index in [4.69, 9.17) is 18.9 Å². The normalized spacial score (nSPS) is 12.0. The maximum Gasteiger partial charge on any atom is 0.321 e. The van der Waals surface area contributed by atoms with Crippen molar-refractivity contribution in [2.45, 2.75) is 40.5 Å². The van der Waals surface area contributed by atoms with E-state index in [1.165, 1.54) is 0 Å². The Morgan fingerprint density at radius 1 is 0.812 bits per heavy atom. The summed E-state index contributed by atoms with van der Waals surface area (Å²) in [4.78, 5) is 0. The van der Waals surface area contributed by atoms with Crippen LogP contribution < -0.4 is 0 Å². The molecule has 0 atom stereocenters. The third-order valence-electron chi connectivity index (χ3n) is 1.78. The van der Waals surface area contributed by atoms with Crippen molar-refractivity contribution in [2.24, 2.45) is 0 Å². The van der Waals surface area contributed by atoms with Gasteiger partial charge in [0.15, 0.2) is 12.6 Å². The van der Waals surface area contributed by atoms with Gasteiger partial charge < -0.3 is 18.9 Å². The molecule has 0 aromatic rings. The molecule has 16 heavy (non-hydrogen) atoms. The van der Waals surface area contributed by atoms with E-state index >= 15 is 0 Å². The highest BCUT2D eigenvalue weighted by molar-refractivity contribution is 4.94. The molecule has 4 nitrogen and oxygen atoms in total. The van der Waals surface area contributed by atoms with E-state index in [1.807, 2.05) is 20.8 Å². The van der Waals surface area contributed by atoms with Crippen molar-refractivity contribution in [3.05, 3.63) is 11.7 Å². The molecule has 0 bridgehead atoms. The van der Waals surface area contributed by atoms with Crippen LogP contribution in [-0.2, 0) is 18.9 Å². The third kappa shape index (κ3) is 6.56. The van der Waals surface area contributed by atoms with E-state index in [9.17, 15) is 0 Å². The van der Waals surface area contributed by atoms with Gasteiger partial charge in [-0.15, -0.1) is 0 Å². The molecular formula is C12H24O4. The molecule has 0 heterocycles. The summed E-state index contributed by atoms with van der Waals surface area (Å²) in [6, 6.07) is 0. The van der Waals surface area contributed by atoms with Crippen molar-refractivity contribution in [3.63, 3.8) is 0 Å². The maximum atomic E-state index is 5.50. The van der Waals surface area contributed by atoms with Gasteiger partial charge in [-0.1, -0.05) is 6.92 Å². The van der Waals surface area contributed by atoms with Crippen LogP contribution in [0, 0.1) is 0 Å². The highest BCUT2D eigenvalue weighted by Gasteiger charge is 2.10. The van der Waals surface area contributed by atoms with Crippen LogP contribution in [0.3, 0.4) is 0 Å². The lowest BCUT2D eigenvalue weighted by atomic mass is 10.3. The molecule has 96 valence electrons. The first-order valence-electron chi connectivity index (χ1n) is 5.99. The lowest BCUT2D eigenvalue weighted by Gasteiger charge is -2.15. The second kappa shape index (κ2) is 10.6. The summed E-state index contributed by atoms with van der Waals surface area (Å²) in [5.41, 5.74) is 0. The van der Waals surface area contributed by atoms with Gasteiger partial charge in [-0.2, -0.15) is 0 Å². The molecule has 0 amide bonds. The van der Waals surface area contributed by atoms with E-state index in [2.05, 4.69) is 6.92 Å². The van der Waals surface area contributed by atoms with Crippen LogP contribution in [0.2, 0.25) is 0 Å². The average Bonchev–Trinajstić information content (AvgIpc) is 2.28. The summed E-state index contributed by atoms with van der Waals surface area (Å²) < 4.78 is 21.4. The van der Waals surface area contributed by atoms with Gasteiger partial charge in [0.2, 0.25) is 0 Å². The van der Waals surface area contributed by atoms with E-state index in [0.717, 1.165) is 18.6 Å². The Bertz CT molecular complexity index is 181. The molecule has 0 N–H and O–H groups in total. The molecular weight excluding hydrogens is 208 g/mol. The fraction of sp³-hybridized carbons (Fsp3) is 0.833. The predicted octanol–water partition coefficient (Wildman–Crippen LogP) is 3.04. The minimum atomic E-state index is 0.201. The van der Waals surface area contributed by atoms with Crippen LogP contribution in [0.5, 0.6) is 0 Å². The van der Waals surface area contributed by atoms with Crippen molar-refractivity contribution in [1.82, 2.24) is 0 Å². The minimum absolute atomic E-state index is 0.201. The first-order chi connectivity index (χ1) is 7.79. The topological polar surface area (TPSA) is 36.9 Å². The van der Waals surface area contributed by atoms with Crippen LogP contribution in [0.15, 0.2) is 11.7 Å². The van der Waals surface area contributed by atoms with Crippen LogP contribution in [-0.4, -0.2) is 26.6 Å². The molecule has 0 fully saturated rings. The maximum absolute atomic E-state index is 5.50. The summed E-state index contributed by atoms with van der Waals surface area (Å²) in [7, 11) is 0. The molecule has 0 saturated heterocycles. The van der Waals surface area contributed by atoms with E-state index in [1.54, 1.807) is 0 Å². The fourth-order valence-corrected chi connectivity index (χ4v) is 1.15. The number of ether oxygens (including phenoxy) is 4. The van der Waals surface area contributed by atoms with Crippen molar-refractivity contribution >= 4 is 0 Å². The summed E-state index contributed by atoms with van der Waals surface area (Å²) in [6.45, 7) is 9.87. The monoisotopic (exact) mass is 232 g/mol. The lowest BCUT2D eigenvalue weighted by molar-refractivity contribution is -0.0786. The first-order valence-corrected chi connectivity index (χ1v) is 5.99. The Hall–Kier alpha value is -0.900. The predicted molar refractivity (Wildman–Crippen MR) is 62.8 cm³/mol. The zero-order valence-electron chi connectivity index (χ0n) is 10.9. The molecule has 0 saturated carbocycles. The Kier molecular flexibility index (Phi) is 10.0. The average molecular weight is 232 g/mol. The molecule has 0 unspecified atom stereocenters. The van der Waals surface area contributed by atoms with Gasteiger partial charge >= 0.3 is 5.95 Å². The number of rotatable bonds is 10. The summed E-state index contributed by atoms with van der Waals surface area (Å²) in [5.74, 6) is 1.23. The quantitative estimate of drug-likeness (QED) is 0.329. The molecule has 0 rings (SSSR count). The molecule has 4 heteroatoms. The van der Waals surface area contributed by atoms with Gasteiger partial charge in [0, 0.05) is 13.0 Å². The zero-order chi connectivity index (χ0) is 12.2. The number of hydrogen-bond donors (Lipinski definition) is 0. The smallest absolute Gasteiger partial charge is 0.321 e. The number of allylic oxidation sites excluding steroid dienone is 1.